The van der Waals surface area contributed by atoms with Gasteiger partial charge in [-0.2, -0.15) is 0 Å². The molecule has 3 N–H and O–H groups in total. The van der Waals surface area contributed by atoms with Crippen molar-refractivity contribution in [2.45, 2.75) is 5.79 Å². The van der Waals surface area contributed by atoms with Gasteiger partial charge in [0.25, 0.3) is 0 Å². The molecule has 1 aromatic carbocycles. The summed E-state index contributed by atoms with van der Waals surface area (Å²) in [6.45, 7) is -0.750. The van der Waals surface area contributed by atoms with E-state index >= 15 is 0 Å². The molecule has 0 aliphatic rings. The zero-order valence-corrected chi connectivity index (χ0v) is 7.27. The highest BCUT2D eigenvalue weighted by atomic mass is 16.5. The van der Waals surface area contributed by atoms with Gasteiger partial charge in [-0.1, -0.05) is 12.1 Å². The fraction of sp³-hybridized carbons (Fsp3) is 0.333. The van der Waals surface area contributed by atoms with E-state index in [0.29, 0.717) is 5.75 Å². The molecule has 0 bridgehead atoms. The van der Waals surface area contributed by atoms with Crippen LogP contribution in [0.1, 0.15) is 5.56 Å². The van der Waals surface area contributed by atoms with E-state index in [9.17, 15) is 10.2 Å². The van der Waals surface area contributed by atoms with Gasteiger partial charge in [-0.3, -0.25) is 0 Å². The van der Waals surface area contributed by atoms with Crippen LogP contribution in [0.2, 0.25) is 0 Å². The van der Waals surface area contributed by atoms with E-state index in [-0.39, 0.29) is 5.56 Å². The molecule has 1 aromatic rings. The summed E-state index contributed by atoms with van der Waals surface area (Å²) in [4.78, 5) is 0. The van der Waals surface area contributed by atoms with Crippen molar-refractivity contribution in [1.29, 1.82) is 0 Å². The third-order valence-electron chi connectivity index (χ3n) is 1.75. The Balaban J connectivity index is 3.01. The smallest absolute Gasteiger partial charge is 0.214 e. The van der Waals surface area contributed by atoms with E-state index in [1.54, 1.807) is 12.1 Å². The molecular weight excluding hydrogens is 172 g/mol. The van der Waals surface area contributed by atoms with Crippen molar-refractivity contribution in [3.05, 3.63) is 29.8 Å². The SMILES string of the molecule is COc1cccc(C(O)(O)CO)c1. The van der Waals surface area contributed by atoms with Crippen LogP contribution < -0.4 is 4.74 Å². The zero-order valence-electron chi connectivity index (χ0n) is 7.27. The van der Waals surface area contributed by atoms with Crippen LogP contribution >= 0.6 is 0 Å². The molecule has 0 unspecified atom stereocenters. The van der Waals surface area contributed by atoms with Gasteiger partial charge in [0.15, 0.2) is 0 Å². The largest absolute Gasteiger partial charge is 0.497 e. The fourth-order valence-corrected chi connectivity index (χ4v) is 0.963. The molecule has 0 aliphatic heterocycles. The molecule has 0 fully saturated rings. The Morgan fingerprint density at radius 1 is 1.38 bits per heavy atom. The summed E-state index contributed by atoms with van der Waals surface area (Å²) in [7, 11) is 1.48. The lowest BCUT2D eigenvalue weighted by molar-refractivity contribution is -0.195. The van der Waals surface area contributed by atoms with Crippen LogP contribution in [0, 0.1) is 0 Å². The first-order chi connectivity index (χ1) is 6.10. The van der Waals surface area contributed by atoms with E-state index in [4.69, 9.17) is 9.84 Å². The summed E-state index contributed by atoms with van der Waals surface area (Å²) in [5.74, 6) is -1.69. The minimum Gasteiger partial charge on any atom is -0.497 e. The standard InChI is InChI=1S/C9H12O4/c1-13-8-4-2-3-7(5-8)9(11,12)6-10/h2-5,10-12H,6H2,1H3. The second kappa shape index (κ2) is 3.74. The Hall–Kier alpha value is -1.10. The lowest BCUT2D eigenvalue weighted by Gasteiger charge is -2.19. The van der Waals surface area contributed by atoms with Crippen molar-refractivity contribution in [2.24, 2.45) is 0 Å². The molecule has 0 saturated heterocycles. The molecule has 4 nitrogen and oxygen atoms in total. The monoisotopic (exact) mass is 184 g/mol. The topological polar surface area (TPSA) is 69.9 Å². The van der Waals surface area contributed by atoms with E-state index in [2.05, 4.69) is 0 Å². The van der Waals surface area contributed by atoms with Gasteiger partial charge >= 0.3 is 0 Å². The molecule has 4 heteroatoms. The Bertz CT molecular complexity index is 283. The van der Waals surface area contributed by atoms with Gasteiger partial charge in [-0.25, -0.2) is 0 Å². The van der Waals surface area contributed by atoms with Crippen LogP contribution in [0.25, 0.3) is 0 Å². The van der Waals surface area contributed by atoms with Gasteiger partial charge in [0.1, 0.15) is 12.4 Å². The number of hydrogen-bond donors (Lipinski definition) is 3. The Labute approximate surface area is 76.0 Å². The highest BCUT2D eigenvalue weighted by Crippen LogP contribution is 2.21. The summed E-state index contributed by atoms with van der Waals surface area (Å²) in [5, 5.41) is 27.2. The fourth-order valence-electron chi connectivity index (χ4n) is 0.963. The maximum atomic E-state index is 9.26. The van der Waals surface area contributed by atoms with Crippen LogP contribution in [-0.2, 0) is 5.79 Å². The number of aliphatic hydroxyl groups is 3. The van der Waals surface area contributed by atoms with E-state index in [0.717, 1.165) is 0 Å². The van der Waals surface area contributed by atoms with Gasteiger partial charge in [0.2, 0.25) is 5.79 Å². The highest BCUT2D eigenvalue weighted by Gasteiger charge is 2.24. The van der Waals surface area contributed by atoms with Crippen molar-refractivity contribution in [1.82, 2.24) is 0 Å². The molecule has 0 amide bonds. The first-order valence-electron chi connectivity index (χ1n) is 3.80. The predicted octanol–water partition coefficient (Wildman–Crippen LogP) is -0.175. The molecule has 0 aliphatic carbocycles. The minimum absolute atomic E-state index is 0.203. The Morgan fingerprint density at radius 3 is 2.62 bits per heavy atom. The molecule has 72 valence electrons. The van der Waals surface area contributed by atoms with Crippen molar-refractivity contribution in [3.63, 3.8) is 0 Å². The van der Waals surface area contributed by atoms with Gasteiger partial charge < -0.3 is 20.1 Å². The van der Waals surface area contributed by atoms with E-state index in [1.807, 2.05) is 0 Å². The molecule has 0 aromatic heterocycles. The van der Waals surface area contributed by atoms with Gasteiger partial charge in [-0.15, -0.1) is 0 Å². The molecule has 13 heavy (non-hydrogen) atoms. The van der Waals surface area contributed by atoms with Crippen LogP contribution in [0.5, 0.6) is 5.75 Å². The molecule has 1 rings (SSSR count). The molecule has 0 radical (unpaired) electrons. The molecule has 0 atom stereocenters. The van der Waals surface area contributed by atoms with Gasteiger partial charge in [0, 0.05) is 5.56 Å². The van der Waals surface area contributed by atoms with Crippen LogP contribution in [0.3, 0.4) is 0 Å². The van der Waals surface area contributed by atoms with Crippen LogP contribution in [0.15, 0.2) is 24.3 Å². The number of aliphatic hydroxyl groups excluding tert-OH is 1. The first kappa shape index (κ1) is 9.98. The molecule has 0 spiro atoms. The Kier molecular flexibility index (Phi) is 2.87. The average molecular weight is 184 g/mol. The number of rotatable bonds is 3. The van der Waals surface area contributed by atoms with Gasteiger partial charge in [-0.05, 0) is 12.1 Å². The molecular formula is C9H12O4. The number of methoxy groups -OCH3 is 1. The highest BCUT2D eigenvalue weighted by molar-refractivity contribution is 5.30. The molecule has 0 saturated carbocycles. The first-order valence-corrected chi connectivity index (χ1v) is 3.80. The maximum Gasteiger partial charge on any atom is 0.214 e. The molecule has 0 heterocycles. The van der Waals surface area contributed by atoms with Crippen molar-refractivity contribution in [3.8, 4) is 5.75 Å². The normalized spacial score (nSPS) is 11.4. The number of benzene rings is 1. The van der Waals surface area contributed by atoms with Crippen molar-refractivity contribution >= 4 is 0 Å². The summed E-state index contributed by atoms with van der Waals surface area (Å²) >= 11 is 0. The lowest BCUT2D eigenvalue weighted by atomic mass is 10.1. The van der Waals surface area contributed by atoms with Crippen LogP contribution in [0.4, 0.5) is 0 Å². The third-order valence-corrected chi connectivity index (χ3v) is 1.75. The minimum atomic E-state index is -2.20. The number of hydrogen-bond acceptors (Lipinski definition) is 4. The quantitative estimate of drug-likeness (QED) is 0.570. The summed E-state index contributed by atoms with van der Waals surface area (Å²) in [6.07, 6.45) is 0. The third kappa shape index (κ3) is 2.18. The van der Waals surface area contributed by atoms with Crippen molar-refractivity contribution < 1.29 is 20.1 Å². The van der Waals surface area contributed by atoms with Crippen LogP contribution in [-0.4, -0.2) is 29.0 Å². The lowest BCUT2D eigenvalue weighted by Crippen LogP contribution is -2.29. The maximum absolute atomic E-state index is 9.26. The van der Waals surface area contributed by atoms with E-state index < -0.39 is 12.4 Å². The zero-order chi connectivity index (χ0) is 9.90. The van der Waals surface area contributed by atoms with Gasteiger partial charge in [0.05, 0.1) is 7.11 Å². The van der Waals surface area contributed by atoms with Crippen molar-refractivity contribution in [2.75, 3.05) is 13.7 Å². The second-order valence-corrected chi connectivity index (χ2v) is 2.71. The summed E-state index contributed by atoms with van der Waals surface area (Å²) < 4.78 is 4.89. The number of ether oxygens (including phenoxy) is 1. The predicted molar refractivity (Wildman–Crippen MR) is 46.2 cm³/mol. The van der Waals surface area contributed by atoms with E-state index in [1.165, 1.54) is 19.2 Å². The average Bonchev–Trinajstić information content (AvgIpc) is 2.18. The summed E-state index contributed by atoms with van der Waals surface area (Å²) in [6, 6.07) is 6.25. The Morgan fingerprint density at radius 2 is 2.08 bits per heavy atom. The summed E-state index contributed by atoms with van der Waals surface area (Å²) in [5.41, 5.74) is 0.203. The second-order valence-electron chi connectivity index (χ2n) is 2.71.